The van der Waals surface area contributed by atoms with Crippen molar-refractivity contribution in [1.29, 1.82) is 0 Å². The van der Waals surface area contributed by atoms with Crippen molar-refractivity contribution in [2.75, 3.05) is 5.32 Å². The van der Waals surface area contributed by atoms with Gasteiger partial charge in [0.25, 0.3) is 0 Å². The van der Waals surface area contributed by atoms with Crippen LogP contribution in [0.25, 0.3) is 11.3 Å². The largest absolute Gasteiger partial charge is 0.371 e. The van der Waals surface area contributed by atoms with Gasteiger partial charge in [-0.3, -0.25) is 0 Å². The Morgan fingerprint density at radius 3 is 1.89 bits per heavy atom. The lowest BCUT2D eigenvalue weighted by molar-refractivity contribution is 0.733. The molecule has 0 aliphatic carbocycles. The Balaban J connectivity index is 1.94. The second-order valence-electron chi connectivity index (χ2n) is 10.5. The minimum absolute atomic E-state index is 0.0736. The SMILES string of the molecule is Cc1cc(C)c(C(Nc2c(C(C)C)cccc2C(C)C)c2nc(-c3ccccc3)cn2C)c(C)c1. The van der Waals surface area contributed by atoms with E-state index in [0.29, 0.717) is 11.8 Å². The van der Waals surface area contributed by atoms with Crippen molar-refractivity contribution >= 4 is 5.69 Å². The van der Waals surface area contributed by atoms with Crippen LogP contribution in [0.3, 0.4) is 0 Å². The zero-order valence-electron chi connectivity index (χ0n) is 22.5. The fraction of sp³-hybridized carbons (Fsp3) is 0.344. The number of nitrogens with zero attached hydrogens (tertiary/aromatic N) is 2. The number of benzene rings is 3. The second kappa shape index (κ2) is 10.1. The smallest absolute Gasteiger partial charge is 0.136 e. The van der Waals surface area contributed by atoms with Crippen LogP contribution in [0, 0.1) is 20.8 Å². The molecule has 4 rings (SSSR count). The topological polar surface area (TPSA) is 29.9 Å². The van der Waals surface area contributed by atoms with Crippen LogP contribution in [-0.4, -0.2) is 9.55 Å². The first-order valence-electron chi connectivity index (χ1n) is 12.7. The normalized spacial score (nSPS) is 12.4. The molecule has 0 aliphatic rings. The summed E-state index contributed by atoms with van der Waals surface area (Å²) in [5.41, 5.74) is 11.2. The minimum Gasteiger partial charge on any atom is -0.371 e. The van der Waals surface area contributed by atoms with Crippen LogP contribution >= 0.6 is 0 Å². The molecule has 0 bridgehead atoms. The van der Waals surface area contributed by atoms with Gasteiger partial charge in [-0.25, -0.2) is 4.98 Å². The zero-order chi connectivity index (χ0) is 25.3. The van der Waals surface area contributed by atoms with Gasteiger partial charge in [0.05, 0.1) is 5.69 Å². The molecule has 0 aliphatic heterocycles. The maximum Gasteiger partial charge on any atom is 0.136 e. The number of imidazole rings is 1. The van der Waals surface area contributed by atoms with E-state index in [9.17, 15) is 0 Å². The van der Waals surface area contributed by atoms with Gasteiger partial charge in [-0.05, 0) is 60.4 Å². The van der Waals surface area contributed by atoms with E-state index >= 15 is 0 Å². The van der Waals surface area contributed by atoms with E-state index in [0.717, 1.165) is 17.1 Å². The monoisotopic (exact) mass is 465 g/mol. The van der Waals surface area contributed by atoms with Crippen molar-refractivity contribution in [3.63, 3.8) is 0 Å². The third-order valence-electron chi connectivity index (χ3n) is 6.93. The summed E-state index contributed by atoms with van der Waals surface area (Å²) < 4.78 is 2.19. The lowest BCUT2D eigenvalue weighted by atomic mass is 9.89. The number of nitrogens with one attached hydrogen (secondary N) is 1. The summed E-state index contributed by atoms with van der Waals surface area (Å²) in [5.74, 6) is 1.85. The predicted octanol–water partition coefficient (Wildman–Crippen LogP) is 8.46. The van der Waals surface area contributed by atoms with Crippen LogP contribution in [0.15, 0.2) is 66.9 Å². The van der Waals surface area contributed by atoms with Gasteiger partial charge in [-0.2, -0.15) is 0 Å². The molecule has 1 N–H and O–H groups in total. The number of aryl methyl sites for hydroxylation is 4. The van der Waals surface area contributed by atoms with Crippen LogP contribution in [-0.2, 0) is 7.05 Å². The average Bonchev–Trinajstić information content (AvgIpc) is 3.19. The van der Waals surface area contributed by atoms with Gasteiger partial charge in [0.15, 0.2) is 0 Å². The van der Waals surface area contributed by atoms with Crippen LogP contribution in [0.1, 0.15) is 84.8 Å². The van der Waals surface area contributed by atoms with Crippen molar-refractivity contribution < 1.29 is 0 Å². The summed E-state index contributed by atoms with van der Waals surface area (Å²) in [7, 11) is 2.11. The average molecular weight is 466 g/mol. The Hall–Kier alpha value is -3.33. The van der Waals surface area contributed by atoms with E-state index in [1.807, 2.05) is 6.07 Å². The van der Waals surface area contributed by atoms with Gasteiger partial charge in [-0.15, -0.1) is 0 Å². The lowest BCUT2D eigenvalue weighted by Gasteiger charge is -2.28. The maximum absolute atomic E-state index is 5.21. The number of hydrogen-bond acceptors (Lipinski definition) is 2. The molecule has 182 valence electrons. The highest BCUT2D eigenvalue weighted by atomic mass is 15.1. The summed E-state index contributed by atoms with van der Waals surface area (Å²) in [6.07, 6.45) is 2.15. The number of para-hydroxylation sites is 1. The highest BCUT2D eigenvalue weighted by Gasteiger charge is 2.26. The van der Waals surface area contributed by atoms with E-state index < -0.39 is 0 Å². The zero-order valence-corrected chi connectivity index (χ0v) is 22.5. The van der Waals surface area contributed by atoms with E-state index in [-0.39, 0.29) is 6.04 Å². The first-order valence-corrected chi connectivity index (χ1v) is 12.7. The molecule has 3 heteroatoms. The number of hydrogen-bond donors (Lipinski definition) is 1. The highest BCUT2D eigenvalue weighted by Crippen LogP contribution is 2.38. The van der Waals surface area contributed by atoms with Crippen LogP contribution < -0.4 is 5.32 Å². The predicted molar refractivity (Wildman–Crippen MR) is 149 cm³/mol. The molecule has 3 aromatic carbocycles. The fourth-order valence-corrected chi connectivity index (χ4v) is 5.27. The molecule has 1 unspecified atom stereocenters. The fourth-order valence-electron chi connectivity index (χ4n) is 5.27. The van der Waals surface area contributed by atoms with Crippen molar-refractivity contribution in [2.24, 2.45) is 7.05 Å². The summed E-state index contributed by atoms with van der Waals surface area (Å²) in [6.45, 7) is 15.7. The number of anilines is 1. The van der Waals surface area contributed by atoms with Crippen molar-refractivity contribution in [2.45, 2.75) is 66.3 Å². The second-order valence-corrected chi connectivity index (χ2v) is 10.5. The van der Waals surface area contributed by atoms with Crippen LogP contribution in [0.5, 0.6) is 0 Å². The maximum atomic E-state index is 5.21. The summed E-state index contributed by atoms with van der Waals surface area (Å²) in [4.78, 5) is 5.21. The molecule has 35 heavy (non-hydrogen) atoms. The first kappa shape index (κ1) is 24.8. The summed E-state index contributed by atoms with van der Waals surface area (Å²) >= 11 is 0. The Bertz CT molecular complexity index is 1260. The van der Waals surface area contributed by atoms with Gasteiger partial charge in [-0.1, -0.05) is 93.9 Å². The Labute approximate surface area is 211 Å². The molecule has 0 saturated heterocycles. The van der Waals surface area contributed by atoms with Crippen molar-refractivity contribution in [3.8, 4) is 11.3 Å². The molecule has 0 spiro atoms. The molecule has 1 aromatic heterocycles. The lowest BCUT2D eigenvalue weighted by Crippen LogP contribution is -2.21. The minimum atomic E-state index is -0.0736. The Kier molecular flexibility index (Phi) is 7.16. The third kappa shape index (κ3) is 5.05. The molecule has 0 fully saturated rings. The molecule has 0 saturated carbocycles. The van der Waals surface area contributed by atoms with Crippen molar-refractivity contribution in [1.82, 2.24) is 9.55 Å². The molecular weight excluding hydrogens is 426 g/mol. The first-order chi connectivity index (χ1) is 16.7. The van der Waals surface area contributed by atoms with Crippen LogP contribution in [0.2, 0.25) is 0 Å². The standard InChI is InChI=1S/C32H39N3/c1-20(2)26-15-12-16-27(21(3)4)30(26)34-31(29-23(6)17-22(5)18-24(29)7)32-33-28(19-35(32)8)25-13-10-9-11-14-25/h9-21,31,34H,1-8H3. The molecule has 1 heterocycles. The molecule has 1 atom stereocenters. The van der Waals surface area contributed by atoms with Gasteiger partial charge in [0.2, 0.25) is 0 Å². The van der Waals surface area contributed by atoms with Crippen molar-refractivity contribution in [3.05, 3.63) is 106 Å². The van der Waals surface area contributed by atoms with Gasteiger partial charge < -0.3 is 9.88 Å². The quantitative estimate of drug-likeness (QED) is 0.297. The van der Waals surface area contributed by atoms with E-state index in [4.69, 9.17) is 4.98 Å². The van der Waals surface area contributed by atoms with Gasteiger partial charge in [0.1, 0.15) is 11.9 Å². The number of aromatic nitrogens is 2. The van der Waals surface area contributed by atoms with E-state index in [2.05, 4.69) is 126 Å². The van der Waals surface area contributed by atoms with E-state index in [1.54, 1.807) is 0 Å². The molecule has 4 aromatic rings. The van der Waals surface area contributed by atoms with Crippen LogP contribution in [0.4, 0.5) is 5.69 Å². The van der Waals surface area contributed by atoms with E-state index in [1.165, 1.54) is 39.1 Å². The van der Waals surface area contributed by atoms with Gasteiger partial charge in [0, 0.05) is 24.5 Å². The molecule has 0 amide bonds. The molecule has 3 nitrogen and oxygen atoms in total. The Morgan fingerprint density at radius 1 is 0.771 bits per heavy atom. The highest BCUT2D eigenvalue weighted by molar-refractivity contribution is 5.64. The van der Waals surface area contributed by atoms with Gasteiger partial charge >= 0.3 is 0 Å². The summed E-state index contributed by atoms with van der Waals surface area (Å²) in [6, 6.07) is 21.7. The number of rotatable bonds is 7. The molecular formula is C32H39N3. The third-order valence-corrected chi connectivity index (χ3v) is 6.93. The Morgan fingerprint density at radius 2 is 1.34 bits per heavy atom. The molecule has 0 radical (unpaired) electrons. The summed E-state index contributed by atoms with van der Waals surface area (Å²) in [5, 5.41) is 4.03.